The van der Waals surface area contributed by atoms with E-state index < -0.39 is 4.92 Å². The molecule has 2 aromatic heterocycles. The van der Waals surface area contributed by atoms with E-state index in [1.165, 1.54) is 6.07 Å². The molecule has 0 spiro atoms. The van der Waals surface area contributed by atoms with Gasteiger partial charge in [-0.25, -0.2) is 0 Å². The number of anilines is 1. The van der Waals surface area contributed by atoms with Crippen LogP contribution in [0.25, 0.3) is 22.8 Å². The zero-order chi connectivity index (χ0) is 18.6. The summed E-state index contributed by atoms with van der Waals surface area (Å²) in [6, 6.07) is 8.32. The first kappa shape index (κ1) is 17.1. The molecule has 9 nitrogen and oxygen atoms in total. The Morgan fingerprint density at radius 3 is 2.81 bits per heavy atom. The highest BCUT2D eigenvalue weighted by Crippen LogP contribution is 2.31. The molecule has 0 bridgehead atoms. The van der Waals surface area contributed by atoms with Crippen molar-refractivity contribution in [3.05, 3.63) is 52.8 Å². The maximum absolute atomic E-state index is 11.5. The summed E-state index contributed by atoms with van der Waals surface area (Å²) >= 11 is 0. The van der Waals surface area contributed by atoms with Gasteiger partial charge in [-0.1, -0.05) is 5.16 Å². The molecule has 0 amide bonds. The first-order valence-electron chi connectivity index (χ1n) is 8.59. The van der Waals surface area contributed by atoms with Crippen molar-refractivity contribution in [2.24, 2.45) is 0 Å². The Hall–Kier alpha value is -3.33. The van der Waals surface area contributed by atoms with Crippen LogP contribution in [0.2, 0.25) is 0 Å². The third-order valence-electron chi connectivity index (χ3n) is 4.35. The van der Waals surface area contributed by atoms with Crippen molar-refractivity contribution in [2.45, 2.75) is 18.9 Å². The van der Waals surface area contributed by atoms with E-state index in [9.17, 15) is 10.1 Å². The quantitative estimate of drug-likeness (QED) is 0.521. The van der Waals surface area contributed by atoms with Crippen LogP contribution in [0.3, 0.4) is 0 Å². The molecule has 1 atom stereocenters. The fourth-order valence-electron chi connectivity index (χ4n) is 2.95. The predicted molar refractivity (Wildman–Crippen MR) is 97.1 cm³/mol. The highest BCUT2D eigenvalue weighted by atomic mass is 16.6. The number of nitrogens with zero attached hydrogens (tertiary/aromatic N) is 4. The molecule has 0 radical (unpaired) electrons. The second-order valence-corrected chi connectivity index (χ2v) is 6.16. The molecule has 138 valence electrons. The summed E-state index contributed by atoms with van der Waals surface area (Å²) in [6.45, 7) is 1.28. The highest BCUT2D eigenvalue weighted by Gasteiger charge is 2.21. The van der Waals surface area contributed by atoms with Gasteiger partial charge in [0, 0.05) is 42.7 Å². The lowest BCUT2D eigenvalue weighted by Gasteiger charge is -2.12. The minimum Gasteiger partial charge on any atom is -0.377 e. The molecule has 1 unspecified atom stereocenters. The fraction of sp³-hybridized carbons (Fsp3) is 0.278. The zero-order valence-corrected chi connectivity index (χ0v) is 14.4. The molecule has 0 saturated carbocycles. The number of rotatable bonds is 6. The Morgan fingerprint density at radius 1 is 1.22 bits per heavy atom. The number of pyridine rings is 1. The summed E-state index contributed by atoms with van der Waals surface area (Å²) in [5, 5.41) is 18.5. The zero-order valence-electron chi connectivity index (χ0n) is 14.4. The molecule has 9 heteroatoms. The Kier molecular flexibility index (Phi) is 4.75. The summed E-state index contributed by atoms with van der Waals surface area (Å²) < 4.78 is 10.8. The van der Waals surface area contributed by atoms with Crippen LogP contribution in [0.5, 0.6) is 0 Å². The monoisotopic (exact) mass is 367 g/mol. The van der Waals surface area contributed by atoms with E-state index in [2.05, 4.69) is 20.4 Å². The van der Waals surface area contributed by atoms with E-state index in [1.54, 1.807) is 36.7 Å². The van der Waals surface area contributed by atoms with Crippen LogP contribution < -0.4 is 5.32 Å². The largest absolute Gasteiger partial charge is 0.377 e. The van der Waals surface area contributed by atoms with Gasteiger partial charge in [0.15, 0.2) is 0 Å². The molecule has 3 heterocycles. The normalized spacial score (nSPS) is 16.4. The van der Waals surface area contributed by atoms with Crippen molar-refractivity contribution in [2.75, 3.05) is 18.5 Å². The summed E-state index contributed by atoms with van der Waals surface area (Å²) in [4.78, 5) is 19.3. The van der Waals surface area contributed by atoms with Crippen molar-refractivity contribution in [3.63, 3.8) is 0 Å². The number of ether oxygens (including phenoxy) is 1. The number of hydrogen-bond donors (Lipinski definition) is 1. The summed E-state index contributed by atoms with van der Waals surface area (Å²) in [5.41, 5.74) is 1.63. The van der Waals surface area contributed by atoms with Gasteiger partial charge < -0.3 is 14.6 Å². The van der Waals surface area contributed by atoms with Gasteiger partial charge in [0.25, 0.3) is 11.6 Å². The van der Waals surface area contributed by atoms with Gasteiger partial charge in [0.1, 0.15) is 5.69 Å². The predicted octanol–water partition coefficient (Wildman–Crippen LogP) is 3.30. The highest BCUT2D eigenvalue weighted by molar-refractivity contribution is 5.70. The van der Waals surface area contributed by atoms with Gasteiger partial charge in [0.05, 0.1) is 11.0 Å². The summed E-state index contributed by atoms with van der Waals surface area (Å²) in [7, 11) is 0. The standard InChI is InChI=1S/C18H17N5O4/c24-23(25)16-10-13(3-4-15(16)20-11-14-2-1-9-26-14)18-21-17(22-27-18)12-5-7-19-8-6-12/h3-8,10,14,20H,1-2,9,11H2. The number of nitro benzene ring substituents is 1. The van der Waals surface area contributed by atoms with Gasteiger partial charge in [0.2, 0.25) is 5.82 Å². The average Bonchev–Trinajstić information content (AvgIpc) is 3.39. The van der Waals surface area contributed by atoms with Gasteiger partial charge in [-0.15, -0.1) is 0 Å². The van der Waals surface area contributed by atoms with Gasteiger partial charge >= 0.3 is 0 Å². The fourth-order valence-corrected chi connectivity index (χ4v) is 2.95. The number of nitro groups is 1. The van der Waals surface area contributed by atoms with E-state index in [0.29, 0.717) is 23.6 Å². The van der Waals surface area contributed by atoms with Crippen LogP contribution in [0.15, 0.2) is 47.2 Å². The molecular weight excluding hydrogens is 350 g/mol. The molecule has 3 aromatic rings. The smallest absolute Gasteiger partial charge is 0.293 e. The topological polar surface area (TPSA) is 116 Å². The number of nitrogens with one attached hydrogen (secondary N) is 1. The molecule has 1 saturated heterocycles. The van der Waals surface area contributed by atoms with E-state index in [1.807, 2.05) is 0 Å². The summed E-state index contributed by atoms with van der Waals surface area (Å²) in [5.74, 6) is 0.617. The van der Waals surface area contributed by atoms with Crippen molar-refractivity contribution >= 4 is 11.4 Å². The Morgan fingerprint density at radius 2 is 2.07 bits per heavy atom. The van der Waals surface area contributed by atoms with Crippen LogP contribution in [0.1, 0.15) is 12.8 Å². The number of hydrogen-bond acceptors (Lipinski definition) is 8. The Labute approximate surface area is 154 Å². The van der Waals surface area contributed by atoms with Crippen LogP contribution in [-0.2, 0) is 4.74 Å². The molecule has 0 aliphatic carbocycles. The third kappa shape index (κ3) is 3.77. The van der Waals surface area contributed by atoms with Crippen LogP contribution >= 0.6 is 0 Å². The van der Waals surface area contributed by atoms with E-state index in [-0.39, 0.29) is 17.7 Å². The number of aromatic nitrogens is 3. The maximum atomic E-state index is 11.5. The second kappa shape index (κ2) is 7.50. The first-order chi connectivity index (χ1) is 13.2. The second-order valence-electron chi connectivity index (χ2n) is 6.16. The lowest BCUT2D eigenvalue weighted by molar-refractivity contribution is -0.383. The molecule has 27 heavy (non-hydrogen) atoms. The van der Waals surface area contributed by atoms with Crippen molar-refractivity contribution in [1.82, 2.24) is 15.1 Å². The minimum atomic E-state index is -0.429. The molecule has 1 fully saturated rings. The van der Waals surface area contributed by atoms with E-state index in [4.69, 9.17) is 9.26 Å². The van der Waals surface area contributed by atoms with Gasteiger partial charge in [-0.3, -0.25) is 15.1 Å². The average molecular weight is 367 g/mol. The molecule has 1 aliphatic rings. The van der Waals surface area contributed by atoms with Crippen LogP contribution in [0.4, 0.5) is 11.4 Å². The third-order valence-corrected chi connectivity index (χ3v) is 4.35. The van der Waals surface area contributed by atoms with E-state index >= 15 is 0 Å². The molecular formula is C18H17N5O4. The summed E-state index contributed by atoms with van der Waals surface area (Å²) in [6.07, 6.45) is 5.32. The minimum absolute atomic E-state index is 0.0471. The van der Waals surface area contributed by atoms with E-state index in [0.717, 1.165) is 25.0 Å². The SMILES string of the molecule is O=[N+]([O-])c1cc(-c2nc(-c3ccncc3)no2)ccc1NCC1CCCO1. The maximum Gasteiger partial charge on any atom is 0.293 e. The lowest BCUT2D eigenvalue weighted by atomic mass is 10.1. The van der Waals surface area contributed by atoms with Gasteiger partial charge in [-0.05, 0) is 37.1 Å². The molecule has 1 aliphatic heterocycles. The molecule has 1 N–H and O–H groups in total. The Balaban J connectivity index is 1.57. The number of benzene rings is 1. The van der Waals surface area contributed by atoms with Crippen molar-refractivity contribution < 1.29 is 14.2 Å². The van der Waals surface area contributed by atoms with Crippen LogP contribution in [-0.4, -0.2) is 39.3 Å². The lowest BCUT2D eigenvalue weighted by Crippen LogP contribution is -2.18. The first-order valence-corrected chi connectivity index (χ1v) is 8.59. The van der Waals surface area contributed by atoms with Gasteiger partial charge in [-0.2, -0.15) is 4.98 Å². The van der Waals surface area contributed by atoms with Crippen molar-refractivity contribution in [1.29, 1.82) is 0 Å². The molecule has 4 rings (SSSR count). The Bertz CT molecular complexity index is 938. The molecule has 1 aromatic carbocycles. The van der Waals surface area contributed by atoms with Crippen molar-refractivity contribution in [3.8, 4) is 22.8 Å². The van der Waals surface area contributed by atoms with Crippen LogP contribution in [0, 0.1) is 10.1 Å².